The molecule has 3 aliphatic rings. The van der Waals surface area contributed by atoms with E-state index in [-0.39, 0.29) is 12.1 Å². The average molecular weight is 277 g/mol. The van der Waals surface area contributed by atoms with Crippen molar-refractivity contribution in [3.8, 4) is 5.75 Å². The fraction of sp³-hybridized carbons (Fsp3) is 0.667. The fourth-order valence-electron chi connectivity index (χ4n) is 3.11. The van der Waals surface area contributed by atoms with Gasteiger partial charge in [-0.05, 0) is 19.9 Å². The van der Waals surface area contributed by atoms with Crippen LogP contribution in [0.1, 0.15) is 25.5 Å². The van der Waals surface area contributed by atoms with E-state index >= 15 is 0 Å². The van der Waals surface area contributed by atoms with E-state index in [1.807, 2.05) is 19.9 Å². The third-order valence-corrected chi connectivity index (χ3v) is 4.13. The summed E-state index contributed by atoms with van der Waals surface area (Å²) in [4.78, 5) is 9.01. The predicted octanol–water partition coefficient (Wildman–Crippen LogP) is 0.902. The Balaban J connectivity index is 1.75. The van der Waals surface area contributed by atoms with Crippen molar-refractivity contribution in [1.82, 2.24) is 14.8 Å². The summed E-state index contributed by atoms with van der Waals surface area (Å²) in [5.41, 5.74) is 0.849. The quantitative estimate of drug-likeness (QED) is 0.886. The topological polar surface area (TPSA) is 48.8 Å². The average Bonchev–Trinajstić information content (AvgIpc) is 2.47. The van der Waals surface area contributed by atoms with Gasteiger partial charge in [0.2, 0.25) is 0 Å². The maximum Gasteiger partial charge on any atom is 0.138 e. The lowest BCUT2D eigenvalue weighted by atomic mass is 9.97. The Labute approximate surface area is 120 Å². The van der Waals surface area contributed by atoms with Crippen LogP contribution in [0, 0.1) is 0 Å². The summed E-state index contributed by atoms with van der Waals surface area (Å²) in [6, 6.07) is 2.09. The number of pyridine rings is 1. The Kier molecular flexibility index (Phi) is 3.92. The highest BCUT2D eigenvalue weighted by molar-refractivity contribution is 5.26. The molecule has 1 N–H and O–H groups in total. The van der Waals surface area contributed by atoms with Crippen molar-refractivity contribution in [3.63, 3.8) is 0 Å². The Bertz CT molecular complexity index is 458. The molecule has 4 rings (SSSR count). The van der Waals surface area contributed by atoms with E-state index in [9.17, 15) is 5.11 Å². The van der Waals surface area contributed by atoms with Gasteiger partial charge in [0.1, 0.15) is 5.75 Å². The lowest BCUT2D eigenvalue weighted by molar-refractivity contribution is -0.0472. The smallest absolute Gasteiger partial charge is 0.138 e. The molecule has 0 radical (unpaired) electrons. The summed E-state index contributed by atoms with van der Waals surface area (Å²) in [5, 5.41) is 10.7. The molecule has 5 heteroatoms. The lowest BCUT2D eigenvalue weighted by Crippen LogP contribution is -2.62. The monoisotopic (exact) mass is 277 g/mol. The van der Waals surface area contributed by atoms with Crippen LogP contribution in [0.15, 0.2) is 18.5 Å². The molecule has 3 fully saturated rings. The van der Waals surface area contributed by atoms with Gasteiger partial charge >= 0.3 is 0 Å². The standard InChI is InChI=1S/C15H23N3O2/c1-11(2)20-13-7-12(8-16-9-13)15(19)14-10-17-3-5-18(14)6-4-17/h7-9,11,14-15,19H,3-6,10H2,1-2H3. The molecule has 4 heterocycles. The van der Waals surface area contributed by atoms with Gasteiger partial charge in [-0.1, -0.05) is 0 Å². The fourth-order valence-corrected chi connectivity index (χ4v) is 3.11. The van der Waals surface area contributed by atoms with Gasteiger partial charge in [0.05, 0.1) is 24.4 Å². The maximum absolute atomic E-state index is 10.7. The van der Waals surface area contributed by atoms with Crippen LogP contribution in [0.2, 0.25) is 0 Å². The molecule has 2 atom stereocenters. The van der Waals surface area contributed by atoms with Crippen molar-refractivity contribution in [3.05, 3.63) is 24.0 Å². The van der Waals surface area contributed by atoms with Gasteiger partial charge in [-0.25, -0.2) is 0 Å². The summed E-state index contributed by atoms with van der Waals surface area (Å²) in [6.45, 7) is 9.27. The van der Waals surface area contributed by atoms with E-state index in [0.717, 1.165) is 44.0 Å². The molecule has 0 amide bonds. The first-order valence-corrected chi connectivity index (χ1v) is 7.39. The molecule has 5 nitrogen and oxygen atoms in total. The van der Waals surface area contributed by atoms with Crippen LogP contribution in [0.25, 0.3) is 0 Å². The highest BCUT2D eigenvalue weighted by Crippen LogP contribution is 2.28. The normalized spacial score (nSPS) is 30.5. The van der Waals surface area contributed by atoms with Gasteiger partial charge < -0.3 is 9.84 Å². The second kappa shape index (κ2) is 5.68. The van der Waals surface area contributed by atoms with Crippen molar-refractivity contribution in [2.24, 2.45) is 0 Å². The minimum absolute atomic E-state index is 0.116. The van der Waals surface area contributed by atoms with Crippen LogP contribution in [0.5, 0.6) is 5.75 Å². The van der Waals surface area contributed by atoms with E-state index in [2.05, 4.69) is 14.8 Å². The molecule has 1 aromatic rings. The van der Waals surface area contributed by atoms with Crippen LogP contribution in [-0.4, -0.2) is 64.8 Å². The number of hydrogen-bond acceptors (Lipinski definition) is 5. The number of ether oxygens (including phenoxy) is 1. The van der Waals surface area contributed by atoms with Crippen LogP contribution in [0.4, 0.5) is 0 Å². The summed E-state index contributed by atoms with van der Waals surface area (Å²) < 4.78 is 5.66. The SMILES string of the molecule is CC(C)Oc1cncc(C(O)C2CN3CCN2CC3)c1. The molecule has 0 aliphatic carbocycles. The zero-order valence-electron chi connectivity index (χ0n) is 12.2. The van der Waals surface area contributed by atoms with E-state index < -0.39 is 6.10 Å². The molecule has 3 saturated heterocycles. The van der Waals surface area contributed by atoms with Gasteiger partial charge in [0, 0.05) is 44.5 Å². The molecule has 2 bridgehead atoms. The number of aliphatic hydroxyl groups excluding tert-OH is 1. The largest absolute Gasteiger partial charge is 0.489 e. The third-order valence-electron chi connectivity index (χ3n) is 4.13. The number of aliphatic hydroxyl groups is 1. The number of piperazine rings is 3. The van der Waals surface area contributed by atoms with Crippen LogP contribution in [0.3, 0.4) is 0 Å². The highest BCUT2D eigenvalue weighted by atomic mass is 16.5. The van der Waals surface area contributed by atoms with E-state index in [4.69, 9.17) is 4.74 Å². The number of aromatic nitrogens is 1. The van der Waals surface area contributed by atoms with Crippen LogP contribution in [-0.2, 0) is 0 Å². The second-order valence-electron chi connectivity index (χ2n) is 5.97. The first-order chi connectivity index (χ1) is 9.63. The van der Waals surface area contributed by atoms with Crippen molar-refractivity contribution < 1.29 is 9.84 Å². The molecular formula is C15H23N3O2. The minimum Gasteiger partial charge on any atom is -0.489 e. The number of nitrogens with zero attached hydrogens (tertiary/aromatic N) is 3. The summed E-state index contributed by atoms with van der Waals surface area (Å²) in [5.74, 6) is 0.729. The first-order valence-electron chi connectivity index (χ1n) is 7.39. The van der Waals surface area contributed by atoms with Gasteiger partial charge in [0.15, 0.2) is 0 Å². The van der Waals surface area contributed by atoms with Crippen LogP contribution >= 0.6 is 0 Å². The van der Waals surface area contributed by atoms with Crippen LogP contribution < -0.4 is 4.74 Å². The summed E-state index contributed by atoms with van der Waals surface area (Å²) in [7, 11) is 0. The number of rotatable bonds is 4. The number of fused-ring (bicyclic) bond motifs is 3. The van der Waals surface area contributed by atoms with Crippen molar-refractivity contribution in [2.75, 3.05) is 32.7 Å². The maximum atomic E-state index is 10.7. The van der Waals surface area contributed by atoms with E-state index in [1.54, 1.807) is 12.4 Å². The molecule has 0 spiro atoms. The van der Waals surface area contributed by atoms with Crippen molar-refractivity contribution in [2.45, 2.75) is 32.1 Å². The highest BCUT2D eigenvalue weighted by Gasteiger charge is 2.36. The summed E-state index contributed by atoms with van der Waals surface area (Å²) in [6.07, 6.45) is 3.06. The Morgan fingerprint density at radius 2 is 2.00 bits per heavy atom. The van der Waals surface area contributed by atoms with Gasteiger partial charge in [0.25, 0.3) is 0 Å². The molecule has 110 valence electrons. The van der Waals surface area contributed by atoms with Gasteiger partial charge in [-0.2, -0.15) is 0 Å². The van der Waals surface area contributed by atoms with E-state index in [0.29, 0.717) is 0 Å². The molecule has 0 saturated carbocycles. The molecule has 2 unspecified atom stereocenters. The second-order valence-corrected chi connectivity index (χ2v) is 5.97. The van der Waals surface area contributed by atoms with E-state index in [1.165, 1.54) is 0 Å². The zero-order valence-corrected chi connectivity index (χ0v) is 12.2. The zero-order chi connectivity index (χ0) is 14.1. The molecule has 0 aromatic carbocycles. The first kappa shape index (κ1) is 13.8. The Morgan fingerprint density at radius 1 is 1.25 bits per heavy atom. The van der Waals surface area contributed by atoms with Gasteiger partial charge in [-0.15, -0.1) is 0 Å². The lowest BCUT2D eigenvalue weighted by Gasteiger charge is -2.49. The molecule has 1 aromatic heterocycles. The van der Waals surface area contributed by atoms with Gasteiger partial charge in [-0.3, -0.25) is 14.8 Å². The third kappa shape index (κ3) is 2.80. The molecule has 3 aliphatic heterocycles. The van der Waals surface area contributed by atoms with Crippen molar-refractivity contribution >= 4 is 0 Å². The minimum atomic E-state index is -0.499. The Morgan fingerprint density at radius 3 is 2.60 bits per heavy atom. The molecule has 20 heavy (non-hydrogen) atoms. The number of hydrogen-bond donors (Lipinski definition) is 1. The Hall–Kier alpha value is -1.17. The summed E-state index contributed by atoms with van der Waals surface area (Å²) >= 11 is 0. The predicted molar refractivity (Wildman–Crippen MR) is 76.8 cm³/mol. The van der Waals surface area contributed by atoms with Crippen molar-refractivity contribution in [1.29, 1.82) is 0 Å². The molecular weight excluding hydrogens is 254 g/mol.